The average molecular weight is 506 g/mol. The predicted molar refractivity (Wildman–Crippen MR) is 135 cm³/mol. The van der Waals surface area contributed by atoms with E-state index in [0.717, 1.165) is 31.1 Å². The third-order valence-electron chi connectivity index (χ3n) is 6.87. The molecule has 1 atom stereocenters. The molecule has 5 nitrogen and oxygen atoms in total. The van der Waals surface area contributed by atoms with Crippen LogP contribution in [-0.2, 0) is 11.0 Å². The van der Waals surface area contributed by atoms with Crippen molar-refractivity contribution >= 4 is 5.97 Å². The highest BCUT2D eigenvalue weighted by molar-refractivity contribution is 5.70. The molecule has 0 aliphatic carbocycles. The van der Waals surface area contributed by atoms with E-state index in [-0.39, 0.29) is 12.0 Å². The minimum Gasteiger partial charge on any atom is -0.481 e. The van der Waals surface area contributed by atoms with E-state index in [0.29, 0.717) is 29.4 Å². The van der Waals surface area contributed by atoms with Gasteiger partial charge in [-0.3, -0.25) is 4.79 Å². The monoisotopic (exact) mass is 505 g/mol. The van der Waals surface area contributed by atoms with E-state index in [2.05, 4.69) is 22.0 Å². The number of halogens is 3. The fourth-order valence-electron chi connectivity index (χ4n) is 4.90. The Bertz CT molecular complexity index is 1380. The van der Waals surface area contributed by atoms with E-state index in [9.17, 15) is 18.0 Å². The molecule has 190 valence electrons. The average Bonchev–Trinajstić information content (AvgIpc) is 3.58. The van der Waals surface area contributed by atoms with E-state index in [1.54, 1.807) is 47.2 Å². The third-order valence-corrected chi connectivity index (χ3v) is 6.87. The predicted octanol–water partition coefficient (Wildman–Crippen LogP) is 6.49. The second-order valence-electron chi connectivity index (χ2n) is 9.31. The van der Waals surface area contributed by atoms with Crippen molar-refractivity contribution in [1.82, 2.24) is 14.5 Å². The molecule has 3 aromatic carbocycles. The fourth-order valence-corrected chi connectivity index (χ4v) is 4.90. The zero-order chi connectivity index (χ0) is 26.0. The molecule has 1 saturated heterocycles. The Hall–Kier alpha value is -3.91. The van der Waals surface area contributed by atoms with Crippen LogP contribution < -0.4 is 0 Å². The molecule has 0 spiro atoms. The Balaban J connectivity index is 1.34. The summed E-state index contributed by atoms with van der Waals surface area (Å²) in [6, 6.07) is 20.9. The highest BCUT2D eigenvalue weighted by Crippen LogP contribution is 2.38. The summed E-state index contributed by atoms with van der Waals surface area (Å²) in [7, 11) is 0. The number of carboxylic acids is 1. The number of carboxylic acid groups (broad SMARTS) is 1. The molecule has 0 saturated carbocycles. The molecule has 0 amide bonds. The minimum absolute atomic E-state index is 0.140. The largest absolute Gasteiger partial charge is 0.481 e. The van der Waals surface area contributed by atoms with Crippen LogP contribution in [0.15, 0.2) is 85.3 Å². The number of hydrogen-bond donors (Lipinski definition) is 1. The van der Waals surface area contributed by atoms with Crippen molar-refractivity contribution in [2.24, 2.45) is 0 Å². The maximum absolute atomic E-state index is 13.9. The maximum atomic E-state index is 13.9. The lowest BCUT2D eigenvalue weighted by Gasteiger charge is -2.15. The molecule has 1 fully saturated rings. The molecule has 1 aliphatic rings. The summed E-state index contributed by atoms with van der Waals surface area (Å²) < 4.78 is 43.3. The first-order chi connectivity index (χ1) is 17.8. The van der Waals surface area contributed by atoms with Crippen LogP contribution in [0.3, 0.4) is 0 Å². The number of benzene rings is 3. The molecule has 1 unspecified atom stereocenters. The summed E-state index contributed by atoms with van der Waals surface area (Å²) in [4.78, 5) is 17.4. The van der Waals surface area contributed by atoms with Crippen LogP contribution in [0.4, 0.5) is 13.2 Å². The molecule has 37 heavy (non-hydrogen) atoms. The number of alkyl halides is 3. The van der Waals surface area contributed by atoms with Gasteiger partial charge < -0.3 is 14.6 Å². The third kappa shape index (κ3) is 5.59. The molecule has 4 aromatic rings. The second-order valence-corrected chi connectivity index (χ2v) is 9.31. The standard InChI is InChI=1S/C29H26F3N3O2/c30-29(31,32)26-16-24(10-11-25(26)21-4-2-1-3-5-21)35-18-27(33-19-35)22-8-6-20(7-9-22)23-12-14-34(17-23)15-13-28(36)37/h1-11,16,18-19,23H,12-15,17H2,(H,36,37). The molecule has 0 bridgehead atoms. The first kappa shape index (κ1) is 24.8. The number of aliphatic carboxylic acids is 1. The van der Waals surface area contributed by atoms with Crippen LogP contribution >= 0.6 is 0 Å². The van der Waals surface area contributed by atoms with Crippen molar-refractivity contribution in [3.05, 3.63) is 96.4 Å². The van der Waals surface area contributed by atoms with Gasteiger partial charge in [-0.25, -0.2) is 4.98 Å². The highest BCUT2D eigenvalue weighted by atomic mass is 19.4. The zero-order valence-electron chi connectivity index (χ0n) is 20.0. The molecule has 5 rings (SSSR count). The number of carbonyl (C=O) groups is 1. The number of rotatable bonds is 7. The van der Waals surface area contributed by atoms with E-state index < -0.39 is 17.7 Å². The van der Waals surface area contributed by atoms with Gasteiger partial charge in [-0.05, 0) is 47.7 Å². The van der Waals surface area contributed by atoms with Crippen molar-refractivity contribution in [3.8, 4) is 28.1 Å². The van der Waals surface area contributed by atoms with Gasteiger partial charge in [0.2, 0.25) is 0 Å². The van der Waals surface area contributed by atoms with Gasteiger partial charge in [0, 0.05) is 30.5 Å². The van der Waals surface area contributed by atoms with Crippen LogP contribution in [-0.4, -0.2) is 45.2 Å². The van der Waals surface area contributed by atoms with Gasteiger partial charge in [0.25, 0.3) is 0 Å². The molecule has 2 heterocycles. The number of imidazole rings is 1. The number of aromatic nitrogens is 2. The van der Waals surface area contributed by atoms with Gasteiger partial charge in [-0.2, -0.15) is 13.2 Å². The van der Waals surface area contributed by atoms with Crippen molar-refractivity contribution in [2.45, 2.75) is 24.9 Å². The van der Waals surface area contributed by atoms with E-state index in [1.165, 1.54) is 18.0 Å². The molecular formula is C29H26F3N3O2. The van der Waals surface area contributed by atoms with Gasteiger partial charge in [0.15, 0.2) is 0 Å². The molecule has 1 N–H and O–H groups in total. The van der Waals surface area contributed by atoms with Gasteiger partial charge in [-0.1, -0.05) is 60.7 Å². The SMILES string of the molecule is O=C(O)CCN1CCC(c2ccc(-c3cn(-c4ccc(-c5ccccc5)c(C(F)(F)F)c4)cn3)cc2)C1. The lowest BCUT2D eigenvalue weighted by atomic mass is 9.97. The number of hydrogen-bond acceptors (Lipinski definition) is 3. The van der Waals surface area contributed by atoms with Gasteiger partial charge in [0.1, 0.15) is 0 Å². The summed E-state index contributed by atoms with van der Waals surface area (Å²) in [5, 5.41) is 8.89. The van der Waals surface area contributed by atoms with Crippen molar-refractivity contribution in [2.75, 3.05) is 19.6 Å². The van der Waals surface area contributed by atoms with Crippen molar-refractivity contribution in [1.29, 1.82) is 0 Å². The Morgan fingerprint density at radius 1 is 1.00 bits per heavy atom. The molecule has 1 aliphatic heterocycles. The molecule has 8 heteroatoms. The Morgan fingerprint density at radius 2 is 1.76 bits per heavy atom. The maximum Gasteiger partial charge on any atom is 0.417 e. The Kier molecular flexibility index (Phi) is 6.84. The summed E-state index contributed by atoms with van der Waals surface area (Å²) in [6.07, 6.45) is -0.111. The lowest BCUT2D eigenvalue weighted by Crippen LogP contribution is -2.23. The Morgan fingerprint density at radius 3 is 2.46 bits per heavy atom. The summed E-state index contributed by atoms with van der Waals surface area (Å²) >= 11 is 0. The van der Waals surface area contributed by atoms with Crippen LogP contribution in [0, 0.1) is 0 Å². The smallest absolute Gasteiger partial charge is 0.417 e. The number of likely N-dealkylation sites (tertiary alicyclic amines) is 1. The number of nitrogens with zero attached hydrogens (tertiary/aromatic N) is 3. The molecular weight excluding hydrogens is 479 g/mol. The summed E-state index contributed by atoms with van der Waals surface area (Å²) in [5.74, 6) is -0.432. The molecule has 0 radical (unpaired) electrons. The quantitative estimate of drug-likeness (QED) is 0.312. The van der Waals surface area contributed by atoms with E-state index in [1.807, 2.05) is 12.1 Å². The highest BCUT2D eigenvalue weighted by Gasteiger charge is 2.34. The van der Waals surface area contributed by atoms with Crippen LogP contribution in [0.25, 0.3) is 28.1 Å². The fraction of sp³-hybridized carbons (Fsp3) is 0.241. The summed E-state index contributed by atoms with van der Waals surface area (Å²) in [5.41, 5.74) is 3.08. The normalized spacial score (nSPS) is 16.2. The first-order valence-corrected chi connectivity index (χ1v) is 12.1. The second kappa shape index (κ2) is 10.2. The Labute approximate surface area is 212 Å². The minimum atomic E-state index is -4.50. The molecule has 1 aromatic heterocycles. The van der Waals surface area contributed by atoms with E-state index in [4.69, 9.17) is 5.11 Å². The van der Waals surface area contributed by atoms with Gasteiger partial charge in [0.05, 0.1) is 24.0 Å². The van der Waals surface area contributed by atoms with Gasteiger partial charge in [-0.15, -0.1) is 0 Å². The zero-order valence-corrected chi connectivity index (χ0v) is 20.0. The van der Waals surface area contributed by atoms with Crippen molar-refractivity contribution < 1.29 is 23.1 Å². The van der Waals surface area contributed by atoms with Crippen LogP contribution in [0.5, 0.6) is 0 Å². The van der Waals surface area contributed by atoms with Gasteiger partial charge >= 0.3 is 12.1 Å². The van der Waals surface area contributed by atoms with E-state index >= 15 is 0 Å². The topological polar surface area (TPSA) is 58.4 Å². The van der Waals surface area contributed by atoms with Crippen LogP contribution in [0.1, 0.15) is 29.9 Å². The lowest BCUT2D eigenvalue weighted by molar-refractivity contribution is -0.138. The van der Waals surface area contributed by atoms with Crippen molar-refractivity contribution in [3.63, 3.8) is 0 Å². The summed E-state index contributed by atoms with van der Waals surface area (Å²) in [6.45, 7) is 2.28. The first-order valence-electron chi connectivity index (χ1n) is 12.1. The van der Waals surface area contributed by atoms with Crippen LogP contribution in [0.2, 0.25) is 0 Å².